The van der Waals surface area contributed by atoms with Gasteiger partial charge in [0, 0.05) is 24.7 Å². The van der Waals surface area contributed by atoms with E-state index in [4.69, 9.17) is 0 Å². The molecular weight excluding hydrogens is 160 g/mol. The van der Waals surface area contributed by atoms with Crippen LogP contribution in [0.15, 0.2) is 0 Å². The van der Waals surface area contributed by atoms with Crippen molar-refractivity contribution in [2.24, 2.45) is 0 Å². The first-order valence-electron chi connectivity index (χ1n) is 5.67. The third kappa shape index (κ3) is 2.05. The molecule has 1 saturated heterocycles. The van der Waals surface area contributed by atoms with Crippen molar-refractivity contribution < 1.29 is 0 Å². The van der Waals surface area contributed by atoms with Crippen molar-refractivity contribution in [2.45, 2.75) is 52.1 Å². The van der Waals surface area contributed by atoms with Gasteiger partial charge in [-0.25, -0.2) is 0 Å². The summed E-state index contributed by atoms with van der Waals surface area (Å²) in [5.41, 5.74) is 0.432. The molecule has 1 N–H and O–H groups in total. The summed E-state index contributed by atoms with van der Waals surface area (Å²) < 4.78 is 0. The van der Waals surface area contributed by atoms with Crippen LogP contribution in [0.25, 0.3) is 0 Å². The van der Waals surface area contributed by atoms with E-state index in [0.29, 0.717) is 11.6 Å². The van der Waals surface area contributed by atoms with Crippen LogP contribution < -0.4 is 5.32 Å². The Morgan fingerprint density at radius 3 is 2.38 bits per heavy atom. The number of rotatable bonds is 3. The quantitative estimate of drug-likeness (QED) is 0.720. The summed E-state index contributed by atoms with van der Waals surface area (Å²) in [6, 6.07) is 0.658. The summed E-state index contributed by atoms with van der Waals surface area (Å²) >= 11 is 0. The van der Waals surface area contributed by atoms with E-state index < -0.39 is 0 Å². The lowest BCUT2D eigenvalue weighted by Crippen LogP contribution is -2.63. The van der Waals surface area contributed by atoms with Crippen LogP contribution in [0.3, 0.4) is 0 Å². The second-order valence-electron chi connectivity index (χ2n) is 4.25. The molecule has 1 fully saturated rings. The molecule has 78 valence electrons. The van der Waals surface area contributed by atoms with Crippen LogP contribution in [0.1, 0.15) is 40.5 Å². The predicted molar refractivity (Wildman–Crippen MR) is 58.0 cm³/mol. The number of nitrogens with zero attached hydrogens (tertiary/aromatic N) is 1. The molecule has 13 heavy (non-hydrogen) atoms. The molecule has 1 aliphatic rings. The largest absolute Gasteiger partial charge is 0.311 e. The van der Waals surface area contributed by atoms with Gasteiger partial charge >= 0.3 is 0 Å². The zero-order chi connectivity index (χ0) is 9.90. The summed E-state index contributed by atoms with van der Waals surface area (Å²) in [6.45, 7) is 12.7. The summed E-state index contributed by atoms with van der Waals surface area (Å²) in [5, 5.41) is 3.60. The standard InChI is InChI=1S/C11H24N2/c1-5-11(6-2)9-12-10(4)8-13(11)7-3/h10,12H,5-9H2,1-4H3. The van der Waals surface area contributed by atoms with Gasteiger partial charge in [-0.1, -0.05) is 20.8 Å². The minimum absolute atomic E-state index is 0.432. The first-order valence-corrected chi connectivity index (χ1v) is 5.67. The number of piperazine rings is 1. The van der Waals surface area contributed by atoms with Crippen molar-refractivity contribution in [3.05, 3.63) is 0 Å². The third-order valence-electron chi connectivity index (χ3n) is 3.64. The molecule has 2 heteroatoms. The van der Waals surface area contributed by atoms with Crippen molar-refractivity contribution in [3.8, 4) is 0 Å². The topological polar surface area (TPSA) is 15.3 Å². The first kappa shape index (κ1) is 11.0. The van der Waals surface area contributed by atoms with Gasteiger partial charge in [-0.05, 0) is 26.3 Å². The second kappa shape index (κ2) is 4.43. The van der Waals surface area contributed by atoms with E-state index in [1.807, 2.05) is 0 Å². The lowest BCUT2D eigenvalue weighted by atomic mass is 9.87. The molecule has 1 rings (SSSR count). The van der Waals surface area contributed by atoms with Gasteiger partial charge in [0.05, 0.1) is 0 Å². The van der Waals surface area contributed by atoms with Crippen LogP contribution >= 0.6 is 0 Å². The number of hydrogen-bond donors (Lipinski definition) is 1. The van der Waals surface area contributed by atoms with Crippen molar-refractivity contribution in [1.82, 2.24) is 10.2 Å². The molecule has 0 bridgehead atoms. The van der Waals surface area contributed by atoms with Crippen LogP contribution in [-0.4, -0.2) is 36.1 Å². The van der Waals surface area contributed by atoms with Crippen LogP contribution in [0, 0.1) is 0 Å². The second-order valence-corrected chi connectivity index (χ2v) is 4.25. The fourth-order valence-corrected chi connectivity index (χ4v) is 2.48. The summed E-state index contributed by atoms with van der Waals surface area (Å²) in [6.07, 6.45) is 2.52. The number of nitrogens with one attached hydrogen (secondary N) is 1. The molecule has 0 saturated carbocycles. The summed E-state index contributed by atoms with van der Waals surface area (Å²) in [5.74, 6) is 0. The van der Waals surface area contributed by atoms with Gasteiger partial charge in [0.15, 0.2) is 0 Å². The summed E-state index contributed by atoms with van der Waals surface area (Å²) in [7, 11) is 0. The SMILES string of the molecule is CCN1CC(C)NCC1(CC)CC. The molecule has 1 unspecified atom stereocenters. The minimum atomic E-state index is 0.432. The molecule has 1 aliphatic heterocycles. The van der Waals surface area contributed by atoms with Gasteiger partial charge in [0.2, 0.25) is 0 Å². The van der Waals surface area contributed by atoms with Crippen LogP contribution in [-0.2, 0) is 0 Å². The van der Waals surface area contributed by atoms with Crippen molar-refractivity contribution in [3.63, 3.8) is 0 Å². The van der Waals surface area contributed by atoms with Gasteiger partial charge in [0.25, 0.3) is 0 Å². The first-order chi connectivity index (χ1) is 6.18. The molecule has 0 spiro atoms. The Labute approximate surface area is 82.7 Å². The van der Waals surface area contributed by atoms with Gasteiger partial charge in [0.1, 0.15) is 0 Å². The highest BCUT2D eigenvalue weighted by atomic mass is 15.3. The average molecular weight is 184 g/mol. The highest BCUT2D eigenvalue weighted by Crippen LogP contribution is 2.26. The van der Waals surface area contributed by atoms with Crippen LogP contribution in [0.5, 0.6) is 0 Å². The van der Waals surface area contributed by atoms with Gasteiger partial charge in [-0.3, -0.25) is 4.90 Å². The maximum Gasteiger partial charge on any atom is 0.0329 e. The van der Waals surface area contributed by atoms with Crippen molar-refractivity contribution in [2.75, 3.05) is 19.6 Å². The fraction of sp³-hybridized carbons (Fsp3) is 1.00. The molecule has 0 radical (unpaired) electrons. The van der Waals surface area contributed by atoms with E-state index in [9.17, 15) is 0 Å². The number of likely N-dealkylation sites (N-methyl/N-ethyl adjacent to an activating group) is 1. The molecule has 1 atom stereocenters. The van der Waals surface area contributed by atoms with Gasteiger partial charge in [-0.2, -0.15) is 0 Å². The maximum absolute atomic E-state index is 3.60. The Bertz CT molecular complexity index is 152. The maximum atomic E-state index is 3.60. The molecule has 1 heterocycles. The van der Waals surface area contributed by atoms with Crippen LogP contribution in [0.4, 0.5) is 0 Å². The van der Waals surface area contributed by atoms with E-state index >= 15 is 0 Å². The normalized spacial score (nSPS) is 29.1. The lowest BCUT2D eigenvalue weighted by Gasteiger charge is -2.48. The zero-order valence-electron chi connectivity index (χ0n) is 9.56. The van der Waals surface area contributed by atoms with E-state index in [-0.39, 0.29) is 0 Å². The Morgan fingerprint density at radius 1 is 1.31 bits per heavy atom. The Hall–Kier alpha value is -0.0800. The third-order valence-corrected chi connectivity index (χ3v) is 3.64. The average Bonchev–Trinajstić information content (AvgIpc) is 2.18. The zero-order valence-corrected chi connectivity index (χ0v) is 9.56. The van der Waals surface area contributed by atoms with Gasteiger partial charge < -0.3 is 5.32 Å². The lowest BCUT2D eigenvalue weighted by molar-refractivity contribution is 0.0400. The van der Waals surface area contributed by atoms with Crippen molar-refractivity contribution in [1.29, 1.82) is 0 Å². The molecule has 2 nitrogen and oxygen atoms in total. The molecule has 0 aromatic carbocycles. The molecule has 0 aliphatic carbocycles. The van der Waals surface area contributed by atoms with Crippen molar-refractivity contribution >= 4 is 0 Å². The molecule has 0 amide bonds. The number of hydrogen-bond acceptors (Lipinski definition) is 2. The highest BCUT2D eigenvalue weighted by molar-refractivity contribution is 4.95. The monoisotopic (exact) mass is 184 g/mol. The van der Waals surface area contributed by atoms with E-state index in [0.717, 1.165) is 6.54 Å². The highest BCUT2D eigenvalue weighted by Gasteiger charge is 2.36. The molecular formula is C11H24N2. The molecule has 0 aromatic rings. The molecule has 0 aromatic heterocycles. The predicted octanol–water partition coefficient (Wildman–Crippen LogP) is 1.86. The van der Waals surface area contributed by atoms with E-state index in [1.54, 1.807) is 0 Å². The Morgan fingerprint density at radius 2 is 1.92 bits per heavy atom. The Balaban J connectivity index is 2.70. The van der Waals surface area contributed by atoms with E-state index in [2.05, 4.69) is 37.9 Å². The fourth-order valence-electron chi connectivity index (χ4n) is 2.48. The van der Waals surface area contributed by atoms with Crippen LogP contribution in [0.2, 0.25) is 0 Å². The Kier molecular flexibility index (Phi) is 3.74. The minimum Gasteiger partial charge on any atom is -0.311 e. The van der Waals surface area contributed by atoms with Gasteiger partial charge in [-0.15, -0.1) is 0 Å². The summed E-state index contributed by atoms with van der Waals surface area (Å²) in [4.78, 5) is 2.65. The smallest absolute Gasteiger partial charge is 0.0329 e. The van der Waals surface area contributed by atoms with E-state index in [1.165, 1.54) is 25.9 Å².